The van der Waals surface area contributed by atoms with Gasteiger partial charge in [-0.2, -0.15) is 0 Å². The molecule has 5 heteroatoms. The summed E-state index contributed by atoms with van der Waals surface area (Å²) in [6, 6.07) is 3.02. The Hall–Kier alpha value is -1.49. The van der Waals surface area contributed by atoms with Crippen LogP contribution in [0.3, 0.4) is 0 Å². The van der Waals surface area contributed by atoms with E-state index in [1.165, 1.54) is 12.1 Å². The average molecular weight is 268 g/mol. The van der Waals surface area contributed by atoms with Crippen LogP contribution in [0, 0.1) is 11.6 Å². The first-order chi connectivity index (χ1) is 9.02. The van der Waals surface area contributed by atoms with Gasteiger partial charge in [0, 0.05) is 24.2 Å². The smallest absolute Gasteiger partial charge is 0.240 e. The number of rotatable bonds is 5. The molecule has 1 aromatic rings. The number of carbonyl (C=O) groups is 1. The molecule has 0 aromatic heterocycles. The van der Waals surface area contributed by atoms with Crippen LogP contribution >= 0.6 is 0 Å². The number of halogens is 2. The van der Waals surface area contributed by atoms with Gasteiger partial charge in [0.1, 0.15) is 11.6 Å². The molecule has 2 N–H and O–H groups in total. The van der Waals surface area contributed by atoms with Gasteiger partial charge in [0.25, 0.3) is 0 Å². The van der Waals surface area contributed by atoms with Crippen molar-refractivity contribution in [2.75, 3.05) is 0 Å². The van der Waals surface area contributed by atoms with Gasteiger partial charge in [-0.05, 0) is 25.3 Å². The minimum absolute atomic E-state index is 0.148. The summed E-state index contributed by atoms with van der Waals surface area (Å²) in [4.78, 5) is 13.8. The van der Waals surface area contributed by atoms with E-state index in [1.54, 1.807) is 4.90 Å². The van der Waals surface area contributed by atoms with Crippen molar-refractivity contribution < 1.29 is 13.6 Å². The standard InChI is InChI=1S/C14H18F2N2O/c1-2-13(17)14(19)18(11-5-6-11)8-9-3-4-10(15)7-12(9)16/h3-4,7,11,13H,2,5-6,8,17H2,1H3. The van der Waals surface area contributed by atoms with E-state index >= 15 is 0 Å². The topological polar surface area (TPSA) is 46.3 Å². The number of carbonyl (C=O) groups excluding carboxylic acids is 1. The third-order valence-electron chi connectivity index (χ3n) is 3.38. The maximum atomic E-state index is 13.6. The Bertz CT molecular complexity index is 475. The Kier molecular flexibility index (Phi) is 4.14. The van der Waals surface area contributed by atoms with Gasteiger partial charge in [0.2, 0.25) is 5.91 Å². The molecule has 0 heterocycles. The second kappa shape index (κ2) is 5.65. The van der Waals surface area contributed by atoms with E-state index in [2.05, 4.69) is 0 Å². The molecular weight excluding hydrogens is 250 g/mol. The van der Waals surface area contributed by atoms with Crippen LogP contribution in [-0.4, -0.2) is 22.9 Å². The number of hydrogen-bond donors (Lipinski definition) is 1. The van der Waals surface area contributed by atoms with E-state index in [0.717, 1.165) is 18.9 Å². The lowest BCUT2D eigenvalue weighted by atomic mass is 10.1. The number of amides is 1. The number of nitrogens with two attached hydrogens (primary N) is 1. The van der Waals surface area contributed by atoms with Gasteiger partial charge in [0.05, 0.1) is 6.04 Å². The summed E-state index contributed by atoms with van der Waals surface area (Å²) >= 11 is 0. The Balaban J connectivity index is 2.14. The molecule has 1 aliphatic carbocycles. The summed E-state index contributed by atoms with van der Waals surface area (Å²) in [6.45, 7) is 2.00. The van der Waals surface area contributed by atoms with Gasteiger partial charge < -0.3 is 10.6 Å². The third-order valence-corrected chi connectivity index (χ3v) is 3.38. The summed E-state index contributed by atoms with van der Waals surface area (Å²) in [5, 5.41) is 0. The fraction of sp³-hybridized carbons (Fsp3) is 0.500. The van der Waals surface area contributed by atoms with Crippen LogP contribution in [0.2, 0.25) is 0 Å². The lowest BCUT2D eigenvalue weighted by Crippen LogP contribution is -2.44. The number of benzene rings is 1. The normalized spacial score (nSPS) is 16.2. The van der Waals surface area contributed by atoms with E-state index in [-0.39, 0.29) is 18.5 Å². The van der Waals surface area contributed by atoms with Crippen molar-refractivity contribution in [3.63, 3.8) is 0 Å². The van der Waals surface area contributed by atoms with Crippen LogP contribution in [0.5, 0.6) is 0 Å². The zero-order chi connectivity index (χ0) is 14.0. The van der Waals surface area contributed by atoms with Crippen molar-refractivity contribution in [2.45, 2.75) is 44.8 Å². The monoisotopic (exact) mass is 268 g/mol. The summed E-state index contributed by atoms with van der Waals surface area (Å²) in [5.41, 5.74) is 6.08. The van der Waals surface area contributed by atoms with E-state index in [9.17, 15) is 13.6 Å². The maximum absolute atomic E-state index is 13.6. The minimum atomic E-state index is -0.622. The van der Waals surface area contributed by atoms with Gasteiger partial charge >= 0.3 is 0 Å². The van der Waals surface area contributed by atoms with Gasteiger partial charge in [-0.1, -0.05) is 13.0 Å². The third kappa shape index (κ3) is 3.29. The van der Waals surface area contributed by atoms with Crippen LogP contribution in [0.1, 0.15) is 31.7 Å². The molecule has 2 rings (SSSR count). The molecule has 1 aliphatic rings. The highest BCUT2D eigenvalue weighted by Crippen LogP contribution is 2.29. The van der Waals surface area contributed by atoms with Crippen LogP contribution in [0.15, 0.2) is 18.2 Å². The van der Waals surface area contributed by atoms with E-state index in [4.69, 9.17) is 5.73 Å². The van der Waals surface area contributed by atoms with Gasteiger partial charge in [-0.25, -0.2) is 8.78 Å². The SMILES string of the molecule is CCC(N)C(=O)N(Cc1ccc(F)cc1F)C1CC1. The van der Waals surface area contributed by atoms with E-state index in [0.29, 0.717) is 12.0 Å². The molecule has 0 bridgehead atoms. The Morgan fingerprint density at radius 3 is 2.68 bits per heavy atom. The molecule has 19 heavy (non-hydrogen) atoms. The summed E-state index contributed by atoms with van der Waals surface area (Å²) in [5.74, 6) is -1.40. The van der Waals surface area contributed by atoms with Gasteiger partial charge in [-0.15, -0.1) is 0 Å². The second-order valence-electron chi connectivity index (χ2n) is 4.95. The molecular formula is C14H18F2N2O. The second-order valence-corrected chi connectivity index (χ2v) is 4.95. The molecule has 1 unspecified atom stereocenters. The summed E-state index contributed by atoms with van der Waals surface area (Å²) < 4.78 is 26.5. The largest absolute Gasteiger partial charge is 0.334 e. The Morgan fingerprint density at radius 1 is 1.47 bits per heavy atom. The highest BCUT2D eigenvalue weighted by molar-refractivity contribution is 5.82. The van der Waals surface area contributed by atoms with E-state index < -0.39 is 17.7 Å². The molecule has 0 spiro atoms. The van der Waals surface area contributed by atoms with Crippen molar-refractivity contribution >= 4 is 5.91 Å². The van der Waals surface area contributed by atoms with Crippen molar-refractivity contribution in [1.29, 1.82) is 0 Å². The molecule has 1 fully saturated rings. The molecule has 1 amide bonds. The quantitative estimate of drug-likeness (QED) is 0.889. The Labute approximate surface area is 111 Å². The van der Waals surface area contributed by atoms with Crippen LogP contribution in [-0.2, 0) is 11.3 Å². The molecule has 1 aromatic carbocycles. The van der Waals surface area contributed by atoms with Crippen molar-refractivity contribution in [3.8, 4) is 0 Å². The first kappa shape index (κ1) is 13.9. The minimum Gasteiger partial charge on any atom is -0.334 e. The number of hydrogen-bond acceptors (Lipinski definition) is 2. The lowest BCUT2D eigenvalue weighted by Gasteiger charge is -2.25. The first-order valence-corrected chi connectivity index (χ1v) is 6.53. The maximum Gasteiger partial charge on any atom is 0.240 e. The first-order valence-electron chi connectivity index (χ1n) is 6.53. The van der Waals surface area contributed by atoms with Gasteiger partial charge in [-0.3, -0.25) is 4.79 Å². The molecule has 1 saturated carbocycles. The highest BCUT2D eigenvalue weighted by atomic mass is 19.1. The van der Waals surface area contributed by atoms with Crippen LogP contribution in [0.25, 0.3) is 0 Å². The number of nitrogens with zero attached hydrogens (tertiary/aromatic N) is 1. The van der Waals surface area contributed by atoms with Gasteiger partial charge in [0.15, 0.2) is 0 Å². The molecule has 104 valence electrons. The average Bonchev–Trinajstić information content (AvgIpc) is 3.20. The van der Waals surface area contributed by atoms with Crippen molar-refractivity contribution in [3.05, 3.63) is 35.4 Å². The molecule has 0 saturated heterocycles. The molecule has 0 aliphatic heterocycles. The zero-order valence-electron chi connectivity index (χ0n) is 10.9. The molecule has 1 atom stereocenters. The molecule has 3 nitrogen and oxygen atoms in total. The lowest BCUT2D eigenvalue weighted by molar-refractivity contribution is -0.133. The zero-order valence-corrected chi connectivity index (χ0v) is 10.9. The fourth-order valence-corrected chi connectivity index (χ4v) is 1.99. The van der Waals surface area contributed by atoms with Crippen molar-refractivity contribution in [1.82, 2.24) is 4.90 Å². The summed E-state index contributed by atoms with van der Waals surface area (Å²) in [6.07, 6.45) is 2.39. The molecule has 0 radical (unpaired) electrons. The van der Waals surface area contributed by atoms with Crippen LogP contribution < -0.4 is 5.73 Å². The predicted octanol–water partition coefficient (Wildman–Crippen LogP) is 2.19. The highest BCUT2D eigenvalue weighted by Gasteiger charge is 2.34. The fourth-order valence-electron chi connectivity index (χ4n) is 1.99. The Morgan fingerprint density at radius 2 is 2.16 bits per heavy atom. The summed E-state index contributed by atoms with van der Waals surface area (Å²) in [7, 11) is 0. The van der Waals surface area contributed by atoms with E-state index in [1.807, 2.05) is 6.92 Å². The van der Waals surface area contributed by atoms with Crippen molar-refractivity contribution in [2.24, 2.45) is 5.73 Å². The van der Waals surface area contributed by atoms with Crippen LogP contribution in [0.4, 0.5) is 8.78 Å². The predicted molar refractivity (Wildman–Crippen MR) is 68.2 cm³/mol.